The van der Waals surface area contributed by atoms with Gasteiger partial charge in [-0.25, -0.2) is 0 Å². The lowest BCUT2D eigenvalue weighted by molar-refractivity contribution is 0.217. The van der Waals surface area contributed by atoms with E-state index < -0.39 is 0 Å². The van der Waals surface area contributed by atoms with Crippen molar-refractivity contribution < 1.29 is 0 Å². The Hall–Kier alpha value is -1.14. The molecule has 2 heterocycles. The molecule has 1 aromatic carbocycles. The molecule has 3 rings (SSSR count). The van der Waals surface area contributed by atoms with Crippen molar-refractivity contribution in [2.45, 2.75) is 12.1 Å². The highest BCUT2D eigenvalue weighted by Crippen LogP contribution is 2.29. The van der Waals surface area contributed by atoms with Crippen LogP contribution in [0.15, 0.2) is 36.5 Å². The Morgan fingerprint density at radius 2 is 2.25 bits per heavy atom. The van der Waals surface area contributed by atoms with E-state index in [1.807, 2.05) is 24.0 Å². The molecule has 5 heteroatoms. The van der Waals surface area contributed by atoms with Crippen molar-refractivity contribution in [3.8, 4) is 0 Å². The van der Waals surface area contributed by atoms with Crippen LogP contribution >= 0.6 is 11.8 Å². The van der Waals surface area contributed by atoms with Crippen molar-refractivity contribution in [1.29, 1.82) is 0 Å². The van der Waals surface area contributed by atoms with E-state index in [0.717, 1.165) is 23.2 Å². The van der Waals surface area contributed by atoms with Gasteiger partial charge in [0.25, 0.3) is 0 Å². The van der Waals surface area contributed by atoms with Gasteiger partial charge in [0.2, 0.25) is 0 Å². The lowest BCUT2D eigenvalue weighted by Gasteiger charge is -2.37. The molecule has 4 nitrogen and oxygen atoms in total. The van der Waals surface area contributed by atoms with Gasteiger partial charge >= 0.3 is 0 Å². The molecule has 0 amide bonds. The second-order valence-electron chi connectivity index (χ2n) is 5.19. The normalized spacial score (nSPS) is 22.0. The molecule has 1 aliphatic heterocycles. The monoisotopic (exact) mass is 288 g/mol. The number of hydrogen-bond donors (Lipinski definition) is 2. The van der Waals surface area contributed by atoms with E-state index in [-0.39, 0.29) is 6.04 Å². The SMILES string of the molecule is CN1CCSCC1C(NN)c1cccc2cccnc12. The minimum atomic E-state index is 0.103. The van der Waals surface area contributed by atoms with Crippen molar-refractivity contribution in [1.82, 2.24) is 15.3 Å². The van der Waals surface area contributed by atoms with Crippen LogP contribution in [-0.4, -0.2) is 41.0 Å². The first-order valence-corrected chi connectivity index (χ1v) is 8.04. The van der Waals surface area contributed by atoms with E-state index in [4.69, 9.17) is 5.84 Å². The number of benzene rings is 1. The van der Waals surface area contributed by atoms with Crippen LogP contribution in [0.5, 0.6) is 0 Å². The second kappa shape index (κ2) is 6.10. The highest BCUT2D eigenvalue weighted by atomic mass is 32.2. The highest BCUT2D eigenvalue weighted by molar-refractivity contribution is 7.99. The molecule has 0 bridgehead atoms. The molecule has 1 saturated heterocycles. The van der Waals surface area contributed by atoms with Gasteiger partial charge < -0.3 is 0 Å². The Balaban J connectivity index is 2.02. The number of aromatic nitrogens is 1. The summed E-state index contributed by atoms with van der Waals surface area (Å²) < 4.78 is 0. The maximum atomic E-state index is 5.88. The van der Waals surface area contributed by atoms with Gasteiger partial charge in [0, 0.05) is 35.7 Å². The molecule has 2 unspecified atom stereocenters. The summed E-state index contributed by atoms with van der Waals surface area (Å²) in [5.41, 5.74) is 5.24. The number of rotatable bonds is 3. The first-order valence-electron chi connectivity index (χ1n) is 6.89. The van der Waals surface area contributed by atoms with Crippen LogP contribution in [0.1, 0.15) is 11.6 Å². The van der Waals surface area contributed by atoms with E-state index in [0.29, 0.717) is 6.04 Å². The molecule has 20 heavy (non-hydrogen) atoms. The largest absolute Gasteiger partial charge is 0.300 e. The Kier molecular flexibility index (Phi) is 4.21. The molecule has 0 spiro atoms. The standard InChI is InChI=1S/C15H20N4S/c1-19-8-9-20-10-13(19)15(18-16)12-6-2-4-11-5-3-7-17-14(11)12/h2-7,13,15,18H,8-10,16H2,1H3. The smallest absolute Gasteiger partial charge is 0.0750 e. The third kappa shape index (κ3) is 2.54. The molecule has 0 radical (unpaired) electrons. The Bertz CT molecular complexity index is 584. The number of likely N-dealkylation sites (N-methyl/N-ethyl adjacent to an activating group) is 1. The second-order valence-corrected chi connectivity index (χ2v) is 6.34. The average Bonchev–Trinajstić information content (AvgIpc) is 2.50. The summed E-state index contributed by atoms with van der Waals surface area (Å²) in [5, 5.41) is 1.16. The molecule has 1 fully saturated rings. The van der Waals surface area contributed by atoms with E-state index in [2.05, 4.69) is 46.6 Å². The number of nitrogens with one attached hydrogen (secondary N) is 1. The lowest BCUT2D eigenvalue weighted by Crippen LogP contribution is -2.49. The van der Waals surface area contributed by atoms with Gasteiger partial charge in [-0.05, 0) is 18.7 Å². The van der Waals surface area contributed by atoms with Crippen LogP contribution < -0.4 is 11.3 Å². The van der Waals surface area contributed by atoms with Crippen LogP contribution in [0, 0.1) is 0 Å². The molecule has 3 N–H and O–H groups in total. The molecular formula is C15H20N4S. The molecule has 106 valence electrons. The fourth-order valence-electron chi connectivity index (χ4n) is 2.84. The van der Waals surface area contributed by atoms with Gasteiger partial charge in [-0.3, -0.25) is 21.2 Å². The van der Waals surface area contributed by atoms with Gasteiger partial charge in [0.1, 0.15) is 0 Å². The summed E-state index contributed by atoms with van der Waals surface area (Å²) in [6.45, 7) is 1.10. The minimum absolute atomic E-state index is 0.103. The number of thioether (sulfide) groups is 1. The quantitative estimate of drug-likeness (QED) is 0.666. The summed E-state index contributed by atoms with van der Waals surface area (Å²) in [4.78, 5) is 6.94. The number of para-hydroxylation sites is 1. The van der Waals surface area contributed by atoms with Crippen LogP contribution in [0.2, 0.25) is 0 Å². The van der Waals surface area contributed by atoms with E-state index in [9.17, 15) is 0 Å². The molecule has 1 aliphatic rings. The average molecular weight is 288 g/mol. The van der Waals surface area contributed by atoms with Crippen molar-refractivity contribution >= 4 is 22.7 Å². The summed E-state index contributed by atoms with van der Waals surface area (Å²) in [7, 11) is 2.17. The maximum Gasteiger partial charge on any atom is 0.0750 e. The third-order valence-electron chi connectivity index (χ3n) is 4.01. The first-order chi connectivity index (χ1) is 9.81. The summed E-state index contributed by atoms with van der Waals surface area (Å²) in [6, 6.07) is 10.9. The maximum absolute atomic E-state index is 5.88. The number of pyridine rings is 1. The van der Waals surface area contributed by atoms with Gasteiger partial charge in [-0.1, -0.05) is 24.3 Å². The zero-order chi connectivity index (χ0) is 13.9. The minimum Gasteiger partial charge on any atom is -0.300 e. The van der Waals surface area contributed by atoms with E-state index in [1.54, 1.807) is 0 Å². The van der Waals surface area contributed by atoms with E-state index in [1.165, 1.54) is 11.3 Å². The zero-order valence-corrected chi connectivity index (χ0v) is 12.4. The summed E-state index contributed by atoms with van der Waals surface area (Å²) in [5.74, 6) is 8.16. The van der Waals surface area contributed by atoms with Crippen LogP contribution in [0.3, 0.4) is 0 Å². The summed E-state index contributed by atoms with van der Waals surface area (Å²) in [6.07, 6.45) is 1.85. The Morgan fingerprint density at radius 3 is 3.05 bits per heavy atom. The third-order valence-corrected chi connectivity index (χ3v) is 5.05. The fraction of sp³-hybridized carbons (Fsp3) is 0.400. The predicted octanol–water partition coefficient (Wildman–Crippen LogP) is 1.79. The van der Waals surface area contributed by atoms with Crippen molar-refractivity contribution in [2.24, 2.45) is 5.84 Å². The Morgan fingerprint density at radius 1 is 1.40 bits per heavy atom. The molecule has 1 aromatic heterocycles. The first kappa shape index (κ1) is 13.8. The van der Waals surface area contributed by atoms with Gasteiger partial charge in [-0.2, -0.15) is 11.8 Å². The molecule has 2 atom stereocenters. The fourth-order valence-corrected chi connectivity index (χ4v) is 4.12. The number of fused-ring (bicyclic) bond motifs is 1. The van der Waals surface area contributed by atoms with Crippen LogP contribution in [0.4, 0.5) is 0 Å². The lowest BCUT2D eigenvalue weighted by atomic mass is 9.97. The number of hydrogen-bond acceptors (Lipinski definition) is 5. The van der Waals surface area contributed by atoms with Crippen LogP contribution in [-0.2, 0) is 0 Å². The molecule has 0 aliphatic carbocycles. The number of nitrogens with zero attached hydrogens (tertiary/aromatic N) is 2. The van der Waals surface area contributed by atoms with Crippen LogP contribution in [0.25, 0.3) is 10.9 Å². The number of nitrogens with two attached hydrogens (primary N) is 1. The van der Waals surface area contributed by atoms with Crippen molar-refractivity contribution in [2.75, 3.05) is 25.1 Å². The van der Waals surface area contributed by atoms with Crippen molar-refractivity contribution in [3.63, 3.8) is 0 Å². The molecular weight excluding hydrogens is 268 g/mol. The van der Waals surface area contributed by atoms with Gasteiger partial charge in [0.05, 0.1) is 11.6 Å². The van der Waals surface area contributed by atoms with Gasteiger partial charge in [-0.15, -0.1) is 0 Å². The molecule has 0 saturated carbocycles. The van der Waals surface area contributed by atoms with Crippen molar-refractivity contribution in [3.05, 3.63) is 42.1 Å². The number of hydrazine groups is 1. The Labute approximate surface area is 123 Å². The van der Waals surface area contributed by atoms with Gasteiger partial charge in [0.15, 0.2) is 0 Å². The summed E-state index contributed by atoms with van der Waals surface area (Å²) >= 11 is 1.99. The molecule has 2 aromatic rings. The van der Waals surface area contributed by atoms with E-state index >= 15 is 0 Å². The zero-order valence-electron chi connectivity index (χ0n) is 11.6. The topological polar surface area (TPSA) is 54.2 Å². The predicted molar refractivity (Wildman–Crippen MR) is 85.6 cm³/mol. The highest BCUT2D eigenvalue weighted by Gasteiger charge is 2.29.